The lowest BCUT2D eigenvalue weighted by Gasteiger charge is -2.18. The van der Waals surface area contributed by atoms with Crippen LogP contribution >= 0.6 is 0 Å². The van der Waals surface area contributed by atoms with Gasteiger partial charge in [-0.1, -0.05) is 18.2 Å². The number of rotatable bonds is 7. The summed E-state index contributed by atoms with van der Waals surface area (Å²) in [7, 11) is 5.11. The van der Waals surface area contributed by atoms with E-state index < -0.39 is 0 Å². The van der Waals surface area contributed by atoms with E-state index in [-0.39, 0.29) is 24.9 Å². The van der Waals surface area contributed by atoms with Crippen LogP contribution in [0.5, 0.6) is 11.5 Å². The molecular formula is C19H23N3O3. The van der Waals surface area contributed by atoms with Gasteiger partial charge in [-0.25, -0.2) is 0 Å². The summed E-state index contributed by atoms with van der Waals surface area (Å²) < 4.78 is 5.71. The number of hydrogen-bond donors (Lipinski definition) is 1. The number of amides is 2. The van der Waals surface area contributed by atoms with Crippen molar-refractivity contribution in [1.29, 1.82) is 0 Å². The van der Waals surface area contributed by atoms with E-state index in [1.807, 2.05) is 30.3 Å². The number of anilines is 1. The molecule has 0 heterocycles. The zero-order chi connectivity index (χ0) is 18.2. The van der Waals surface area contributed by atoms with Crippen molar-refractivity contribution in [2.45, 2.75) is 0 Å². The molecule has 25 heavy (non-hydrogen) atoms. The molecule has 2 aromatic carbocycles. The Morgan fingerprint density at radius 2 is 1.48 bits per heavy atom. The molecule has 0 aliphatic carbocycles. The van der Waals surface area contributed by atoms with Crippen LogP contribution in [0.25, 0.3) is 0 Å². The molecule has 2 amide bonds. The lowest BCUT2D eigenvalue weighted by molar-refractivity contribution is -0.130. The van der Waals surface area contributed by atoms with Gasteiger partial charge < -0.3 is 15.0 Å². The van der Waals surface area contributed by atoms with Gasteiger partial charge in [0.1, 0.15) is 11.5 Å². The monoisotopic (exact) mass is 341 g/mol. The molecule has 132 valence electrons. The largest absolute Gasteiger partial charge is 0.457 e. The molecule has 2 rings (SSSR count). The van der Waals surface area contributed by atoms with Gasteiger partial charge in [-0.05, 0) is 43.4 Å². The van der Waals surface area contributed by atoms with Crippen LogP contribution in [0.3, 0.4) is 0 Å². The third-order valence-corrected chi connectivity index (χ3v) is 3.43. The van der Waals surface area contributed by atoms with Gasteiger partial charge in [0.15, 0.2) is 0 Å². The fraction of sp³-hybridized carbons (Fsp3) is 0.263. The molecule has 0 unspecified atom stereocenters. The molecule has 2 aromatic rings. The summed E-state index contributed by atoms with van der Waals surface area (Å²) in [6.45, 7) is 0.339. The molecule has 1 N–H and O–H groups in total. The van der Waals surface area contributed by atoms with Gasteiger partial charge in [0.25, 0.3) is 0 Å². The van der Waals surface area contributed by atoms with Crippen LogP contribution in [0, 0.1) is 0 Å². The number of benzene rings is 2. The van der Waals surface area contributed by atoms with Crippen LogP contribution in [0.1, 0.15) is 0 Å². The lowest BCUT2D eigenvalue weighted by atomic mass is 10.3. The quantitative estimate of drug-likeness (QED) is 0.840. The van der Waals surface area contributed by atoms with Gasteiger partial charge in [0.2, 0.25) is 11.8 Å². The predicted molar refractivity (Wildman–Crippen MR) is 97.8 cm³/mol. The minimum atomic E-state index is -0.175. The second-order valence-corrected chi connectivity index (χ2v) is 5.95. The maximum atomic E-state index is 12.0. The molecule has 6 heteroatoms. The minimum absolute atomic E-state index is 0.0438. The third kappa shape index (κ3) is 6.27. The van der Waals surface area contributed by atoms with Crippen molar-refractivity contribution in [2.75, 3.05) is 39.5 Å². The van der Waals surface area contributed by atoms with Crippen LogP contribution < -0.4 is 10.1 Å². The number of carbonyl (C=O) groups excluding carboxylic acids is 2. The number of ether oxygens (including phenoxy) is 1. The molecule has 0 bridgehead atoms. The minimum Gasteiger partial charge on any atom is -0.457 e. The second kappa shape index (κ2) is 8.84. The Balaban J connectivity index is 1.84. The number of carbonyl (C=O) groups is 2. The first kappa shape index (κ1) is 18.5. The van der Waals surface area contributed by atoms with Crippen LogP contribution in [0.4, 0.5) is 5.69 Å². The van der Waals surface area contributed by atoms with Crippen LogP contribution in [0.2, 0.25) is 0 Å². The summed E-state index contributed by atoms with van der Waals surface area (Å²) in [5.41, 5.74) is 0.678. The zero-order valence-corrected chi connectivity index (χ0v) is 14.7. The first-order valence-corrected chi connectivity index (χ1v) is 7.95. The normalized spacial score (nSPS) is 10.4. The summed E-state index contributed by atoms with van der Waals surface area (Å²) >= 11 is 0. The Morgan fingerprint density at radius 1 is 0.880 bits per heavy atom. The Kier molecular flexibility index (Phi) is 6.54. The summed E-state index contributed by atoms with van der Waals surface area (Å²) in [4.78, 5) is 26.8. The van der Waals surface area contributed by atoms with Gasteiger partial charge >= 0.3 is 0 Å². The molecule has 0 radical (unpaired) electrons. The number of nitrogens with zero attached hydrogens (tertiary/aromatic N) is 2. The Labute approximate surface area is 148 Å². The highest BCUT2D eigenvalue weighted by Crippen LogP contribution is 2.22. The van der Waals surface area contributed by atoms with Crippen molar-refractivity contribution in [2.24, 2.45) is 0 Å². The summed E-state index contributed by atoms with van der Waals surface area (Å²) in [5, 5.41) is 2.81. The highest BCUT2D eigenvalue weighted by Gasteiger charge is 2.12. The Hall–Kier alpha value is -2.86. The van der Waals surface area contributed by atoms with E-state index in [0.717, 1.165) is 5.75 Å². The fourth-order valence-electron chi connectivity index (χ4n) is 2.10. The van der Waals surface area contributed by atoms with E-state index in [9.17, 15) is 9.59 Å². The highest BCUT2D eigenvalue weighted by molar-refractivity contribution is 5.92. The van der Waals surface area contributed by atoms with Crippen LogP contribution in [0.15, 0.2) is 54.6 Å². The fourth-order valence-corrected chi connectivity index (χ4v) is 2.10. The molecular weight excluding hydrogens is 318 g/mol. The van der Waals surface area contributed by atoms with E-state index in [4.69, 9.17) is 4.74 Å². The van der Waals surface area contributed by atoms with Gasteiger partial charge in [-0.2, -0.15) is 0 Å². The summed E-state index contributed by atoms with van der Waals surface area (Å²) in [6, 6.07) is 16.6. The van der Waals surface area contributed by atoms with Gasteiger partial charge in [0.05, 0.1) is 13.1 Å². The van der Waals surface area contributed by atoms with Crippen molar-refractivity contribution in [3.8, 4) is 11.5 Å². The molecule has 0 aliphatic rings. The SMILES string of the molecule is CN(CC(=O)Nc1ccc(Oc2ccccc2)cc1)CC(=O)N(C)C. The number of likely N-dealkylation sites (N-methyl/N-ethyl adjacent to an activating group) is 2. The molecule has 0 saturated carbocycles. The van der Waals surface area contributed by atoms with Crippen molar-refractivity contribution >= 4 is 17.5 Å². The molecule has 0 spiro atoms. The van der Waals surface area contributed by atoms with E-state index in [0.29, 0.717) is 11.4 Å². The van der Waals surface area contributed by atoms with E-state index in [2.05, 4.69) is 5.32 Å². The average Bonchev–Trinajstić information content (AvgIpc) is 2.57. The molecule has 0 aromatic heterocycles. The molecule has 0 atom stereocenters. The average molecular weight is 341 g/mol. The topological polar surface area (TPSA) is 61.9 Å². The van der Waals surface area contributed by atoms with Gasteiger partial charge in [0, 0.05) is 19.8 Å². The van der Waals surface area contributed by atoms with Crippen molar-refractivity contribution in [3.63, 3.8) is 0 Å². The first-order chi connectivity index (χ1) is 11.9. The number of para-hydroxylation sites is 1. The standard InChI is InChI=1S/C19H23N3O3/c1-21(2)19(24)14-22(3)13-18(23)20-15-9-11-17(12-10-15)25-16-7-5-4-6-8-16/h4-12H,13-14H2,1-3H3,(H,20,23). The molecule has 0 aliphatic heterocycles. The van der Waals surface area contributed by atoms with Crippen LogP contribution in [-0.4, -0.2) is 55.8 Å². The Morgan fingerprint density at radius 3 is 2.08 bits per heavy atom. The van der Waals surface area contributed by atoms with Gasteiger partial charge in [-0.3, -0.25) is 14.5 Å². The zero-order valence-electron chi connectivity index (χ0n) is 14.7. The lowest BCUT2D eigenvalue weighted by Crippen LogP contribution is -2.38. The van der Waals surface area contributed by atoms with E-state index >= 15 is 0 Å². The van der Waals surface area contributed by atoms with Crippen LogP contribution in [-0.2, 0) is 9.59 Å². The van der Waals surface area contributed by atoms with E-state index in [1.165, 1.54) is 4.90 Å². The maximum absolute atomic E-state index is 12.0. The number of hydrogen-bond acceptors (Lipinski definition) is 4. The third-order valence-electron chi connectivity index (χ3n) is 3.43. The van der Waals surface area contributed by atoms with E-state index in [1.54, 1.807) is 50.3 Å². The first-order valence-electron chi connectivity index (χ1n) is 7.95. The summed E-state index contributed by atoms with van der Waals surface area (Å²) in [5.74, 6) is 1.23. The predicted octanol–water partition coefficient (Wildman–Crippen LogP) is 2.44. The van der Waals surface area contributed by atoms with Gasteiger partial charge in [-0.15, -0.1) is 0 Å². The molecule has 0 saturated heterocycles. The molecule has 0 fully saturated rings. The van der Waals surface area contributed by atoms with Crippen molar-refractivity contribution < 1.29 is 14.3 Å². The summed E-state index contributed by atoms with van der Waals surface area (Å²) in [6.07, 6.45) is 0. The molecule has 6 nitrogen and oxygen atoms in total. The van der Waals surface area contributed by atoms with Crippen molar-refractivity contribution in [3.05, 3.63) is 54.6 Å². The highest BCUT2D eigenvalue weighted by atomic mass is 16.5. The Bertz CT molecular complexity index is 700. The second-order valence-electron chi connectivity index (χ2n) is 5.95. The smallest absolute Gasteiger partial charge is 0.238 e. The van der Waals surface area contributed by atoms with Crippen molar-refractivity contribution in [1.82, 2.24) is 9.80 Å². The number of nitrogens with one attached hydrogen (secondary N) is 1. The maximum Gasteiger partial charge on any atom is 0.238 e.